The fourth-order valence-electron chi connectivity index (χ4n) is 3.77. The average molecular weight is 375 g/mol. The number of carbonyl (C=O) groups is 2. The van der Waals surface area contributed by atoms with Gasteiger partial charge in [-0.15, -0.1) is 0 Å². The first kappa shape index (κ1) is 19.0. The Morgan fingerprint density at radius 2 is 1.96 bits per heavy atom. The maximum Gasteiger partial charge on any atom is 0.253 e. The van der Waals surface area contributed by atoms with Crippen LogP contribution in [0.3, 0.4) is 0 Å². The van der Waals surface area contributed by atoms with Gasteiger partial charge in [0.1, 0.15) is 0 Å². The Bertz CT molecular complexity index is 669. The number of nitrogens with one attached hydrogen (secondary N) is 1. The van der Waals surface area contributed by atoms with Crippen LogP contribution in [-0.2, 0) is 4.79 Å². The van der Waals surface area contributed by atoms with E-state index in [9.17, 15) is 9.59 Å². The van der Waals surface area contributed by atoms with Crippen molar-refractivity contribution in [1.82, 2.24) is 10.2 Å². The summed E-state index contributed by atoms with van der Waals surface area (Å²) in [6, 6.07) is 6.93. The Kier molecular flexibility index (Phi) is 6.73. The zero-order valence-corrected chi connectivity index (χ0v) is 15.9. The van der Waals surface area contributed by atoms with Gasteiger partial charge >= 0.3 is 0 Å². The van der Waals surface area contributed by atoms with Crippen LogP contribution < -0.4 is 5.32 Å². The molecule has 1 heterocycles. The summed E-state index contributed by atoms with van der Waals surface area (Å²) in [7, 11) is 0. The van der Waals surface area contributed by atoms with Gasteiger partial charge < -0.3 is 10.2 Å². The SMILES string of the molecule is O=C(NCCC1=CCCCC1)[C@H]1CCCN(C(=O)c2ccc(Cl)cc2)C1. The molecule has 1 saturated heterocycles. The van der Waals surface area contributed by atoms with E-state index < -0.39 is 0 Å². The molecule has 5 heteroatoms. The molecule has 3 rings (SSSR count). The summed E-state index contributed by atoms with van der Waals surface area (Å²) < 4.78 is 0. The Hall–Kier alpha value is -1.81. The highest BCUT2D eigenvalue weighted by molar-refractivity contribution is 6.30. The van der Waals surface area contributed by atoms with Crippen LogP contribution in [0.2, 0.25) is 5.02 Å². The van der Waals surface area contributed by atoms with Crippen LogP contribution in [0, 0.1) is 5.92 Å². The number of piperidine rings is 1. The van der Waals surface area contributed by atoms with Crippen molar-refractivity contribution in [2.45, 2.75) is 44.9 Å². The van der Waals surface area contributed by atoms with Crippen LogP contribution >= 0.6 is 11.6 Å². The maximum atomic E-state index is 12.6. The van der Waals surface area contributed by atoms with Gasteiger partial charge in [-0.05, 0) is 69.2 Å². The highest BCUT2D eigenvalue weighted by atomic mass is 35.5. The molecular formula is C21H27ClN2O2. The molecule has 1 aromatic carbocycles. The summed E-state index contributed by atoms with van der Waals surface area (Å²) in [5.41, 5.74) is 2.10. The van der Waals surface area contributed by atoms with Gasteiger partial charge in [-0.3, -0.25) is 9.59 Å². The van der Waals surface area contributed by atoms with Crippen LogP contribution in [0.15, 0.2) is 35.9 Å². The summed E-state index contributed by atoms with van der Waals surface area (Å²) in [6.07, 6.45) is 9.88. The zero-order chi connectivity index (χ0) is 18.4. The Labute approximate surface area is 160 Å². The van der Waals surface area contributed by atoms with E-state index in [0.717, 1.165) is 19.3 Å². The first-order valence-electron chi connectivity index (χ1n) is 9.64. The van der Waals surface area contributed by atoms with Crippen molar-refractivity contribution in [2.24, 2.45) is 5.92 Å². The number of likely N-dealkylation sites (tertiary alicyclic amines) is 1. The van der Waals surface area contributed by atoms with Crippen molar-refractivity contribution in [3.8, 4) is 0 Å². The molecule has 2 aliphatic rings. The Morgan fingerprint density at radius 3 is 2.69 bits per heavy atom. The number of halogens is 1. The predicted molar refractivity (Wildman–Crippen MR) is 104 cm³/mol. The van der Waals surface area contributed by atoms with Crippen LogP contribution in [-0.4, -0.2) is 36.3 Å². The Balaban J connectivity index is 1.49. The molecule has 1 aliphatic carbocycles. The van der Waals surface area contributed by atoms with Crippen molar-refractivity contribution in [3.05, 3.63) is 46.5 Å². The highest BCUT2D eigenvalue weighted by Gasteiger charge is 2.28. The lowest BCUT2D eigenvalue weighted by atomic mass is 9.95. The van der Waals surface area contributed by atoms with Crippen LogP contribution in [0.25, 0.3) is 0 Å². The number of rotatable bonds is 5. The van der Waals surface area contributed by atoms with Crippen LogP contribution in [0.1, 0.15) is 55.3 Å². The molecule has 0 unspecified atom stereocenters. The van der Waals surface area contributed by atoms with E-state index >= 15 is 0 Å². The number of hydrogen-bond donors (Lipinski definition) is 1. The molecule has 0 aromatic heterocycles. The van der Waals surface area contributed by atoms with E-state index in [1.807, 2.05) is 0 Å². The molecule has 140 valence electrons. The predicted octanol–water partition coefficient (Wildman–Crippen LogP) is 4.20. The number of amides is 2. The largest absolute Gasteiger partial charge is 0.355 e. The summed E-state index contributed by atoms with van der Waals surface area (Å²) in [6.45, 7) is 1.90. The van der Waals surface area contributed by atoms with Gasteiger partial charge in [-0.2, -0.15) is 0 Å². The molecule has 2 amide bonds. The lowest BCUT2D eigenvalue weighted by molar-refractivity contribution is -0.126. The standard InChI is InChI=1S/C21H27ClN2O2/c22-19-10-8-17(9-11-19)21(26)24-14-4-7-18(15-24)20(25)23-13-12-16-5-2-1-3-6-16/h5,8-11,18H,1-4,6-7,12-15H2,(H,23,25)/t18-/m0/s1. The normalized spacial score (nSPS) is 20.4. The van der Waals surface area contributed by atoms with Crippen molar-refractivity contribution in [1.29, 1.82) is 0 Å². The second kappa shape index (κ2) is 9.22. The van der Waals surface area contributed by atoms with Gasteiger partial charge in [-0.25, -0.2) is 0 Å². The number of hydrogen-bond acceptors (Lipinski definition) is 2. The summed E-state index contributed by atoms with van der Waals surface area (Å²) >= 11 is 5.89. The number of carbonyl (C=O) groups excluding carboxylic acids is 2. The van der Waals surface area contributed by atoms with Crippen LogP contribution in [0.4, 0.5) is 0 Å². The number of allylic oxidation sites excluding steroid dienone is 1. The lowest BCUT2D eigenvalue weighted by Gasteiger charge is -2.32. The van der Waals surface area contributed by atoms with Gasteiger partial charge in [0.15, 0.2) is 0 Å². The van der Waals surface area contributed by atoms with E-state index in [0.29, 0.717) is 30.2 Å². The van der Waals surface area contributed by atoms with Gasteiger partial charge in [0.25, 0.3) is 5.91 Å². The van der Waals surface area contributed by atoms with E-state index in [1.54, 1.807) is 29.2 Å². The summed E-state index contributed by atoms with van der Waals surface area (Å²) in [5, 5.41) is 3.69. The number of benzene rings is 1. The molecule has 0 saturated carbocycles. The molecule has 1 aromatic rings. The Morgan fingerprint density at radius 1 is 1.15 bits per heavy atom. The molecule has 0 radical (unpaired) electrons. The van der Waals surface area contributed by atoms with E-state index in [2.05, 4.69) is 11.4 Å². The fourth-order valence-corrected chi connectivity index (χ4v) is 3.90. The monoisotopic (exact) mass is 374 g/mol. The smallest absolute Gasteiger partial charge is 0.253 e. The van der Waals surface area contributed by atoms with Gasteiger partial charge in [-0.1, -0.05) is 23.3 Å². The van der Waals surface area contributed by atoms with E-state index in [4.69, 9.17) is 11.6 Å². The molecule has 0 spiro atoms. The molecular weight excluding hydrogens is 348 g/mol. The maximum absolute atomic E-state index is 12.6. The average Bonchev–Trinajstić information content (AvgIpc) is 2.69. The minimum absolute atomic E-state index is 0.0217. The zero-order valence-electron chi connectivity index (χ0n) is 15.2. The lowest BCUT2D eigenvalue weighted by Crippen LogP contribution is -2.45. The number of nitrogens with zero attached hydrogens (tertiary/aromatic N) is 1. The molecule has 4 nitrogen and oxygen atoms in total. The topological polar surface area (TPSA) is 49.4 Å². The van der Waals surface area contributed by atoms with Gasteiger partial charge in [0.05, 0.1) is 5.92 Å². The summed E-state index contributed by atoms with van der Waals surface area (Å²) in [5.74, 6) is -0.0538. The first-order chi connectivity index (χ1) is 12.6. The quantitative estimate of drug-likeness (QED) is 0.785. The van der Waals surface area contributed by atoms with Crippen LogP contribution in [0.5, 0.6) is 0 Å². The van der Waals surface area contributed by atoms with Gasteiger partial charge in [0.2, 0.25) is 5.91 Å². The fraction of sp³-hybridized carbons (Fsp3) is 0.524. The van der Waals surface area contributed by atoms with Crippen molar-refractivity contribution < 1.29 is 9.59 Å². The molecule has 0 bridgehead atoms. The third kappa shape index (κ3) is 5.10. The van der Waals surface area contributed by atoms with E-state index in [1.165, 1.54) is 31.3 Å². The molecule has 1 fully saturated rings. The van der Waals surface area contributed by atoms with Crippen molar-refractivity contribution in [3.63, 3.8) is 0 Å². The third-order valence-electron chi connectivity index (χ3n) is 5.30. The summed E-state index contributed by atoms with van der Waals surface area (Å²) in [4.78, 5) is 26.9. The molecule has 1 atom stereocenters. The molecule has 26 heavy (non-hydrogen) atoms. The highest BCUT2D eigenvalue weighted by Crippen LogP contribution is 2.21. The minimum Gasteiger partial charge on any atom is -0.355 e. The van der Waals surface area contributed by atoms with Gasteiger partial charge in [0, 0.05) is 30.2 Å². The molecule has 1 aliphatic heterocycles. The van der Waals surface area contributed by atoms with Crippen molar-refractivity contribution >= 4 is 23.4 Å². The molecule has 1 N–H and O–H groups in total. The minimum atomic E-state index is -0.111. The second-order valence-corrected chi connectivity index (χ2v) is 7.68. The first-order valence-corrected chi connectivity index (χ1v) is 10.0. The second-order valence-electron chi connectivity index (χ2n) is 7.25. The van der Waals surface area contributed by atoms with Crippen molar-refractivity contribution in [2.75, 3.05) is 19.6 Å². The third-order valence-corrected chi connectivity index (χ3v) is 5.55. The van der Waals surface area contributed by atoms with E-state index in [-0.39, 0.29) is 17.7 Å².